The first-order valence-electron chi connectivity index (χ1n) is 7.00. The molecule has 0 bridgehead atoms. The van der Waals surface area contributed by atoms with Crippen molar-refractivity contribution in [1.29, 1.82) is 0 Å². The molecule has 0 aliphatic heterocycles. The lowest BCUT2D eigenvalue weighted by Gasteiger charge is -2.24. The molecule has 106 valence electrons. The third-order valence-corrected chi connectivity index (χ3v) is 5.36. The van der Waals surface area contributed by atoms with Crippen molar-refractivity contribution >= 4 is 35.0 Å². The Morgan fingerprint density at radius 3 is 2.63 bits per heavy atom. The Morgan fingerprint density at radius 2 is 1.95 bits per heavy atom. The van der Waals surface area contributed by atoms with Crippen LogP contribution < -0.4 is 5.32 Å². The molecule has 0 aromatic heterocycles. The van der Waals surface area contributed by atoms with Crippen molar-refractivity contribution < 1.29 is 0 Å². The van der Waals surface area contributed by atoms with Gasteiger partial charge in [-0.2, -0.15) is 0 Å². The Kier molecular flexibility index (Phi) is 6.34. The molecule has 0 radical (unpaired) electrons. The molecule has 0 saturated heterocycles. The molecule has 1 unspecified atom stereocenters. The van der Waals surface area contributed by atoms with Gasteiger partial charge >= 0.3 is 0 Å². The lowest BCUT2D eigenvalue weighted by atomic mass is 9.95. The standard InChI is InChI=1S/C15H21Cl2NS/c1-11(10-18-12-5-3-2-4-6-12)19-13-7-8-14(16)15(17)9-13/h7-9,11-12,18H,2-6,10H2,1H3. The Morgan fingerprint density at radius 1 is 1.21 bits per heavy atom. The van der Waals surface area contributed by atoms with Gasteiger partial charge in [0.15, 0.2) is 0 Å². The molecule has 0 spiro atoms. The van der Waals surface area contributed by atoms with E-state index in [1.165, 1.54) is 37.0 Å². The van der Waals surface area contributed by atoms with Crippen LogP contribution in [0.2, 0.25) is 10.0 Å². The quantitative estimate of drug-likeness (QED) is 0.730. The molecule has 1 aliphatic carbocycles. The summed E-state index contributed by atoms with van der Waals surface area (Å²) < 4.78 is 0. The zero-order valence-electron chi connectivity index (χ0n) is 11.3. The number of nitrogens with one attached hydrogen (secondary N) is 1. The molecule has 1 nitrogen and oxygen atoms in total. The summed E-state index contributed by atoms with van der Waals surface area (Å²) in [5, 5.41) is 5.49. The van der Waals surface area contributed by atoms with Crippen LogP contribution in [0.15, 0.2) is 23.1 Å². The van der Waals surface area contributed by atoms with Crippen molar-refractivity contribution in [2.45, 2.75) is 55.2 Å². The monoisotopic (exact) mass is 317 g/mol. The molecule has 1 N–H and O–H groups in total. The van der Waals surface area contributed by atoms with E-state index in [9.17, 15) is 0 Å². The lowest BCUT2D eigenvalue weighted by molar-refractivity contribution is 0.375. The molecule has 4 heteroatoms. The lowest BCUT2D eigenvalue weighted by Crippen LogP contribution is -2.35. The zero-order valence-corrected chi connectivity index (χ0v) is 13.6. The van der Waals surface area contributed by atoms with Crippen LogP contribution in [0.3, 0.4) is 0 Å². The molecule has 0 amide bonds. The van der Waals surface area contributed by atoms with E-state index in [1.807, 2.05) is 30.0 Å². The van der Waals surface area contributed by atoms with Gasteiger partial charge in [0.05, 0.1) is 10.0 Å². The molecule has 1 aromatic rings. The van der Waals surface area contributed by atoms with Crippen molar-refractivity contribution in [3.05, 3.63) is 28.2 Å². The average Bonchev–Trinajstić information content (AvgIpc) is 2.42. The van der Waals surface area contributed by atoms with E-state index in [0.717, 1.165) is 12.6 Å². The second-order valence-corrected chi connectivity index (χ2v) is 7.57. The summed E-state index contributed by atoms with van der Waals surface area (Å²) in [4.78, 5) is 1.19. The zero-order chi connectivity index (χ0) is 13.7. The largest absolute Gasteiger partial charge is 0.313 e. The van der Waals surface area contributed by atoms with Gasteiger partial charge in [-0.15, -0.1) is 11.8 Å². The number of hydrogen-bond donors (Lipinski definition) is 1. The van der Waals surface area contributed by atoms with Crippen LogP contribution in [-0.4, -0.2) is 17.8 Å². The van der Waals surface area contributed by atoms with E-state index < -0.39 is 0 Å². The van der Waals surface area contributed by atoms with Crippen LogP contribution in [0.1, 0.15) is 39.0 Å². The topological polar surface area (TPSA) is 12.0 Å². The fraction of sp³-hybridized carbons (Fsp3) is 0.600. The van der Waals surface area contributed by atoms with Gasteiger partial charge < -0.3 is 5.32 Å². The highest BCUT2D eigenvalue weighted by molar-refractivity contribution is 8.00. The average molecular weight is 318 g/mol. The summed E-state index contributed by atoms with van der Waals surface area (Å²) in [6, 6.07) is 6.58. The van der Waals surface area contributed by atoms with E-state index in [2.05, 4.69) is 12.2 Å². The highest BCUT2D eigenvalue weighted by atomic mass is 35.5. The number of hydrogen-bond acceptors (Lipinski definition) is 2. The maximum absolute atomic E-state index is 6.04. The SMILES string of the molecule is CC(CNC1CCCCC1)Sc1ccc(Cl)c(Cl)c1. The van der Waals surface area contributed by atoms with E-state index in [0.29, 0.717) is 15.3 Å². The predicted molar refractivity (Wildman–Crippen MR) is 86.7 cm³/mol. The fourth-order valence-corrected chi connectivity index (χ4v) is 3.80. The van der Waals surface area contributed by atoms with Crippen LogP contribution in [0.4, 0.5) is 0 Å². The van der Waals surface area contributed by atoms with E-state index >= 15 is 0 Å². The summed E-state index contributed by atoms with van der Waals surface area (Å²) >= 11 is 13.8. The maximum Gasteiger partial charge on any atom is 0.0603 e. The third-order valence-electron chi connectivity index (χ3n) is 3.53. The van der Waals surface area contributed by atoms with Gasteiger partial charge in [0.2, 0.25) is 0 Å². The van der Waals surface area contributed by atoms with Crippen LogP contribution in [0.5, 0.6) is 0 Å². The second kappa shape index (κ2) is 7.78. The Balaban J connectivity index is 1.76. The minimum Gasteiger partial charge on any atom is -0.313 e. The van der Waals surface area contributed by atoms with Crippen molar-refractivity contribution in [3.8, 4) is 0 Å². The molecule has 1 aliphatic rings. The molecule has 1 fully saturated rings. The molecular formula is C15H21Cl2NS. The van der Waals surface area contributed by atoms with Crippen LogP contribution >= 0.6 is 35.0 Å². The first kappa shape index (κ1) is 15.5. The number of halogens is 2. The molecule has 1 aromatic carbocycles. The van der Waals surface area contributed by atoms with Crippen LogP contribution in [0.25, 0.3) is 0 Å². The van der Waals surface area contributed by atoms with Gasteiger partial charge in [-0.1, -0.05) is 49.4 Å². The van der Waals surface area contributed by atoms with Crippen molar-refractivity contribution in [2.75, 3.05) is 6.54 Å². The summed E-state index contributed by atoms with van der Waals surface area (Å²) in [7, 11) is 0. The van der Waals surface area contributed by atoms with Gasteiger partial charge in [0.1, 0.15) is 0 Å². The first-order valence-corrected chi connectivity index (χ1v) is 8.64. The molecule has 1 saturated carbocycles. The highest BCUT2D eigenvalue weighted by Gasteiger charge is 2.14. The van der Waals surface area contributed by atoms with Crippen LogP contribution in [-0.2, 0) is 0 Å². The highest BCUT2D eigenvalue weighted by Crippen LogP contribution is 2.30. The molecule has 19 heavy (non-hydrogen) atoms. The Labute approximate surface area is 130 Å². The minimum absolute atomic E-state index is 0.541. The number of thioether (sulfide) groups is 1. The summed E-state index contributed by atoms with van der Waals surface area (Å²) in [6.45, 7) is 3.30. The minimum atomic E-state index is 0.541. The smallest absolute Gasteiger partial charge is 0.0603 e. The normalized spacial score (nSPS) is 18.5. The molecule has 0 heterocycles. The summed E-state index contributed by atoms with van der Waals surface area (Å²) in [5.41, 5.74) is 0. The van der Waals surface area contributed by atoms with E-state index in [4.69, 9.17) is 23.2 Å². The molecular weight excluding hydrogens is 297 g/mol. The molecule has 2 rings (SSSR count). The van der Waals surface area contributed by atoms with E-state index in [-0.39, 0.29) is 0 Å². The first-order chi connectivity index (χ1) is 9.15. The predicted octanol–water partition coefficient (Wildman–Crippen LogP) is 5.40. The van der Waals surface area contributed by atoms with Gasteiger partial charge in [-0.25, -0.2) is 0 Å². The van der Waals surface area contributed by atoms with Crippen molar-refractivity contribution in [1.82, 2.24) is 5.32 Å². The third kappa shape index (κ3) is 5.18. The Bertz CT molecular complexity index is 405. The van der Waals surface area contributed by atoms with Gasteiger partial charge in [-0.05, 0) is 31.0 Å². The summed E-state index contributed by atoms with van der Waals surface area (Å²) in [6.07, 6.45) is 6.85. The van der Waals surface area contributed by atoms with Crippen LogP contribution in [0, 0.1) is 0 Å². The second-order valence-electron chi connectivity index (χ2n) is 5.25. The van der Waals surface area contributed by atoms with Gasteiger partial charge in [-0.3, -0.25) is 0 Å². The maximum atomic E-state index is 6.04. The fourth-order valence-electron chi connectivity index (χ4n) is 2.46. The number of benzene rings is 1. The van der Waals surface area contributed by atoms with Crippen molar-refractivity contribution in [2.24, 2.45) is 0 Å². The number of rotatable bonds is 5. The summed E-state index contributed by atoms with van der Waals surface area (Å²) in [5.74, 6) is 0. The molecule has 1 atom stereocenters. The Hall–Kier alpha value is 0.110. The van der Waals surface area contributed by atoms with Gasteiger partial charge in [0.25, 0.3) is 0 Å². The van der Waals surface area contributed by atoms with E-state index in [1.54, 1.807) is 0 Å². The van der Waals surface area contributed by atoms with Crippen molar-refractivity contribution in [3.63, 3.8) is 0 Å². The van der Waals surface area contributed by atoms with Gasteiger partial charge in [0, 0.05) is 22.7 Å².